The molecule has 2 unspecified atom stereocenters. The van der Waals surface area contributed by atoms with Crippen LogP contribution in [0.15, 0.2) is 53.4 Å². The summed E-state index contributed by atoms with van der Waals surface area (Å²) in [6, 6.07) is 10.8. The minimum Gasteiger partial charge on any atom is -0.342 e. The minimum atomic E-state index is -3.92. The van der Waals surface area contributed by atoms with Crippen molar-refractivity contribution < 1.29 is 27.2 Å². The molecule has 36 heavy (non-hydrogen) atoms. The van der Waals surface area contributed by atoms with Crippen molar-refractivity contribution in [1.29, 1.82) is 0 Å². The van der Waals surface area contributed by atoms with E-state index in [0.717, 1.165) is 12.8 Å². The molecule has 0 aromatic heterocycles. The molecule has 4 rings (SSSR count). The van der Waals surface area contributed by atoms with E-state index < -0.39 is 27.8 Å². The number of rotatable bonds is 6. The van der Waals surface area contributed by atoms with Crippen molar-refractivity contribution in [1.82, 2.24) is 10.2 Å². The Balaban J connectivity index is 1.31. The first-order chi connectivity index (χ1) is 17.1. The van der Waals surface area contributed by atoms with Gasteiger partial charge in [-0.1, -0.05) is 6.07 Å². The average Bonchev–Trinajstić information content (AvgIpc) is 3.25. The third kappa shape index (κ3) is 6.18. The van der Waals surface area contributed by atoms with Gasteiger partial charge in [0.25, 0.3) is 0 Å². The summed E-state index contributed by atoms with van der Waals surface area (Å²) < 4.78 is 36.3. The molecule has 2 saturated heterocycles. The Morgan fingerprint density at radius 2 is 1.86 bits per heavy atom. The van der Waals surface area contributed by atoms with E-state index in [-0.39, 0.29) is 35.6 Å². The minimum absolute atomic E-state index is 0.0396. The first kappa shape index (κ1) is 25.6. The molecule has 0 spiro atoms. The van der Waals surface area contributed by atoms with Crippen molar-refractivity contribution >= 4 is 39.2 Å². The Morgan fingerprint density at radius 1 is 1.11 bits per heavy atom. The molecule has 2 heterocycles. The van der Waals surface area contributed by atoms with E-state index in [1.165, 1.54) is 47.4 Å². The Labute approximate surface area is 208 Å². The van der Waals surface area contributed by atoms with Gasteiger partial charge < -0.3 is 20.4 Å². The zero-order valence-corrected chi connectivity index (χ0v) is 20.3. The van der Waals surface area contributed by atoms with E-state index >= 15 is 0 Å². The highest BCUT2D eigenvalue weighted by molar-refractivity contribution is 7.89. The lowest BCUT2D eigenvalue weighted by Crippen LogP contribution is -2.46. The van der Waals surface area contributed by atoms with Gasteiger partial charge >= 0.3 is 6.03 Å². The van der Waals surface area contributed by atoms with Gasteiger partial charge in [0.05, 0.1) is 10.8 Å². The number of primary sulfonamides is 1. The molecule has 2 aromatic carbocycles. The van der Waals surface area contributed by atoms with Gasteiger partial charge in [0, 0.05) is 44.0 Å². The number of carbonyl (C=O) groups is 3. The third-order valence-corrected chi connectivity index (χ3v) is 7.33. The number of likely N-dealkylation sites (tertiary alicyclic amines) is 1. The number of nitrogens with one attached hydrogen (secondary N) is 2. The van der Waals surface area contributed by atoms with Crippen LogP contribution in [0.2, 0.25) is 0 Å². The molecule has 4 amide bonds. The number of piperidine rings is 1. The molecule has 0 bridgehead atoms. The predicted octanol–water partition coefficient (Wildman–Crippen LogP) is 1.89. The van der Waals surface area contributed by atoms with Crippen LogP contribution >= 0.6 is 0 Å². The summed E-state index contributed by atoms with van der Waals surface area (Å²) >= 11 is 0. The molecule has 2 fully saturated rings. The highest BCUT2D eigenvalue weighted by Crippen LogP contribution is 2.29. The van der Waals surface area contributed by atoms with Crippen LogP contribution in [-0.2, 0) is 19.6 Å². The summed E-state index contributed by atoms with van der Waals surface area (Å²) in [4.78, 5) is 41.1. The first-order valence-corrected chi connectivity index (χ1v) is 13.2. The Hall–Kier alpha value is -3.51. The van der Waals surface area contributed by atoms with Crippen LogP contribution in [0.25, 0.3) is 0 Å². The fraction of sp³-hybridized carbons (Fsp3) is 0.375. The van der Waals surface area contributed by atoms with Gasteiger partial charge in [0.2, 0.25) is 21.8 Å². The summed E-state index contributed by atoms with van der Waals surface area (Å²) in [5, 5.41) is 10.6. The Kier molecular flexibility index (Phi) is 7.55. The number of hydrogen-bond donors (Lipinski definition) is 3. The molecule has 2 aromatic rings. The molecule has 0 radical (unpaired) electrons. The number of anilines is 2. The lowest BCUT2D eigenvalue weighted by Gasteiger charge is -2.34. The van der Waals surface area contributed by atoms with E-state index in [0.29, 0.717) is 31.0 Å². The number of amides is 4. The van der Waals surface area contributed by atoms with Crippen molar-refractivity contribution in [2.75, 3.05) is 36.4 Å². The molecular weight excluding hydrogens is 489 g/mol. The Morgan fingerprint density at radius 3 is 2.58 bits per heavy atom. The summed E-state index contributed by atoms with van der Waals surface area (Å²) in [7, 11) is -3.92. The fourth-order valence-corrected chi connectivity index (χ4v) is 5.14. The number of hydrogen-bond acceptors (Lipinski definition) is 5. The molecule has 0 aliphatic carbocycles. The second-order valence-electron chi connectivity index (χ2n) is 9.08. The van der Waals surface area contributed by atoms with Crippen molar-refractivity contribution in [3.63, 3.8) is 0 Å². The normalized spacial score (nSPS) is 20.3. The number of urea groups is 1. The maximum absolute atomic E-state index is 13.2. The van der Waals surface area contributed by atoms with E-state index in [1.54, 1.807) is 11.0 Å². The van der Waals surface area contributed by atoms with Gasteiger partial charge in [-0.05, 0) is 61.2 Å². The number of carbonyl (C=O) groups excluding carboxylic acids is 3. The van der Waals surface area contributed by atoms with Crippen LogP contribution in [0.3, 0.4) is 0 Å². The van der Waals surface area contributed by atoms with Crippen molar-refractivity contribution in [2.45, 2.75) is 24.2 Å². The first-order valence-electron chi connectivity index (χ1n) is 11.6. The largest absolute Gasteiger partial charge is 0.342 e. The van der Waals surface area contributed by atoms with E-state index in [2.05, 4.69) is 10.6 Å². The lowest BCUT2D eigenvalue weighted by atomic mass is 9.96. The maximum atomic E-state index is 13.2. The highest BCUT2D eigenvalue weighted by atomic mass is 32.2. The van der Waals surface area contributed by atoms with Crippen LogP contribution in [-0.4, -0.2) is 57.3 Å². The second kappa shape index (κ2) is 10.6. The fourth-order valence-electron chi connectivity index (χ4n) is 4.59. The van der Waals surface area contributed by atoms with Gasteiger partial charge in [0.1, 0.15) is 5.82 Å². The van der Waals surface area contributed by atoms with Gasteiger partial charge in [-0.25, -0.2) is 22.7 Å². The summed E-state index contributed by atoms with van der Waals surface area (Å²) in [5.41, 5.74) is 0.856. The zero-order valence-electron chi connectivity index (χ0n) is 19.5. The van der Waals surface area contributed by atoms with Crippen molar-refractivity contribution in [3.8, 4) is 0 Å². The molecule has 4 N–H and O–H groups in total. The van der Waals surface area contributed by atoms with Gasteiger partial charge in [-0.2, -0.15) is 0 Å². The van der Waals surface area contributed by atoms with Crippen LogP contribution in [0.5, 0.6) is 0 Å². The number of halogens is 1. The number of nitrogens with zero attached hydrogens (tertiary/aromatic N) is 2. The van der Waals surface area contributed by atoms with Crippen molar-refractivity contribution in [3.05, 3.63) is 54.3 Å². The smallest absolute Gasteiger partial charge is 0.319 e. The second-order valence-corrected chi connectivity index (χ2v) is 10.6. The zero-order chi connectivity index (χ0) is 25.9. The quantitative estimate of drug-likeness (QED) is 0.536. The van der Waals surface area contributed by atoms with Crippen LogP contribution < -0.4 is 20.7 Å². The standard InChI is InChI=1S/C24H28FN5O5S/c25-18-6-8-19(9-7-18)28-24(33)27-13-16-3-2-10-29(14-16)23(32)17-11-22(31)30(15-17)20-4-1-5-21(12-20)36(26,34)35/h1,4-9,12,16-17H,2-3,10-11,13-15H2,(H2,26,34,35)(H2,27,28,33). The summed E-state index contributed by atoms with van der Waals surface area (Å²) in [5.74, 6) is -1.26. The van der Waals surface area contributed by atoms with E-state index in [1.807, 2.05) is 0 Å². The van der Waals surface area contributed by atoms with Crippen molar-refractivity contribution in [2.24, 2.45) is 17.0 Å². The number of nitrogens with two attached hydrogens (primary N) is 1. The summed E-state index contributed by atoms with van der Waals surface area (Å²) in [6.45, 7) is 1.56. The average molecular weight is 518 g/mol. The van der Waals surface area contributed by atoms with Gasteiger partial charge in [-0.3, -0.25) is 9.59 Å². The monoisotopic (exact) mass is 517 g/mol. The molecule has 2 aliphatic heterocycles. The number of sulfonamides is 1. The predicted molar refractivity (Wildman–Crippen MR) is 131 cm³/mol. The van der Waals surface area contributed by atoms with Crippen LogP contribution in [0.4, 0.5) is 20.6 Å². The summed E-state index contributed by atoms with van der Waals surface area (Å²) in [6.07, 6.45) is 1.66. The molecule has 10 nitrogen and oxygen atoms in total. The topological polar surface area (TPSA) is 142 Å². The van der Waals surface area contributed by atoms with Crippen LogP contribution in [0.1, 0.15) is 19.3 Å². The molecule has 0 saturated carbocycles. The molecular formula is C24H28FN5O5S. The maximum Gasteiger partial charge on any atom is 0.319 e. The van der Waals surface area contributed by atoms with Crippen LogP contribution in [0, 0.1) is 17.7 Å². The SMILES string of the molecule is NS(=O)(=O)c1cccc(N2CC(C(=O)N3CCCC(CNC(=O)Nc4ccc(F)cc4)C3)CC2=O)c1. The Bertz CT molecular complexity index is 1250. The lowest BCUT2D eigenvalue weighted by molar-refractivity contribution is -0.137. The molecule has 2 atom stereocenters. The highest BCUT2D eigenvalue weighted by Gasteiger charge is 2.38. The van der Waals surface area contributed by atoms with E-state index in [4.69, 9.17) is 5.14 Å². The third-order valence-electron chi connectivity index (χ3n) is 6.42. The molecule has 192 valence electrons. The van der Waals surface area contributed by atoms with Gasteiger partial charge in [-0.15, -0.1) is 0 Å². The van der Waals surface area contributed by atoms with Gasteiger partial charge in [0.15, 0.2) is 0 Å². The molecule has 2 aliphatic rings. The molecule has 12 heteroatoms. The number of benzene rings is 2. The van der Waals surface area contributed by atoms with E-state index in [9.17, 15) is 27.2 Å².